The third-order valence-electron chi connectivity index (χ3n) is 20.4. The highest BCUT2D eigenvalue weighted by Gasteiger charge is 2.49. The summed E-state index contributed by atoms with van der Waals surface area (Å²) < 4.78 is 2.53. The van der Waals surface area contributed by atoms with Crippen LogP contribution in [-0.4, -0.2) is 27.4 Å². The minimum atomic E-state index is -3.11. The molecular formula is C90H64BN3Si2. The molecular weight excluding hydrogens is 1190 g/mol. The van der Waals surface area contributed by atoms with Crippen molar-refractivity contribution < 1.29 is 0 Å². The molecule has 2 aliphatic heterocycles. The van der Waals surface area contributed by atoms with Crippen molar-refractivity contribution in [2.75, 3.05) is 9.80 Å². The van der Waals surface area contributed by atoms with Crippen LogP contribution in [0.3, 0.4) is 0 Å². The first-order chi connectivity index (χ1) is 47.6. The molecule has 96 heavy (non-hydrogen) atoms. The van der Waals surface area contributed by atoms with Crippen molar-refractivity contribution in [3.8, 4) is 27.9 Å². The highest BCUT2D eigenvalue weighted by molar-refractivity contribution is 7.20. The molecule has 450 valence electrons. The van der Waals surface area contributed by atoms with Gasteiger partial charge in [-0.2, -0.15) is 0 Å². The van der Waals surface area contributed by atoms with Gasteiger partial charge in [-0.05, 0) is 141 Å². The van der Waals surface area contributed by atoms with Crippen molar-refractivity contribution >= 4 is 137 Å². The van der Waals surface area contributed by atoms with Gasteiger partial charge in [0.25, 0.3) is 6.71 Å². The number of hydrogen-bond acceptors (Lipinski definition) is 2. The van der Waals surface area contributed by atoms with Crippen molar-refractivity contribution in [3.05, 3.63) is 388 Å². The third kappa shape index (κ3) is 9.09. The maximum atomic E-state index is 2.65. The lowest BCUT2D eigenvalue weighted by molar-refractivity contribution is 1.16. The van der Waals surface area contributed by atoms with Gasteiger partial charge in [0.1, 0.15) is 0 Å². The Morgan fingerprint density at radius 2 is 0.542 bits per heavy atom. The van der Waals surface area contributed by atoms with Crippen molar-refractivity contribution in [1.82, 2.24) is 4.57 Å². The largest absolute Gasteiger partial charge is 0.311 e. The first-order valence-electron chi connectivity index (χ1n) is 33.3. The van der Waals surface area contributed by atoms with Gasteiger partial charge in [0.2, 0.25) is 0 Å². The number of anilines is 6. The normalized spacial score (nSPS) is 12.5. The number of aromatic nitrogens is 1. The van der Waals surface area contributed by atoms with E-state index in [1.807, 2.05) is 0 Å². The van der Waals surface area contributed by atoms with Crippen molar-refractivity contribution in [3.63, 3.8) is 0 Å². The van der Waals surface area contributed by atoms with Crippen LogP contribution in [0, 0.1) is 0 Å². The Labute approximate surface area is 563 Å². The zero-order valence-corrected chi connectivity index (χ0v) is 54.9. The Morgan fingerprint density at radius 1 is 0.208 bits per heavy atom. The van der Waals surface area contributed by atoms with E-state index in [2.05, 4.69) is 403 Å². The summed E-state index contributed by atoms with van der Waals surface area (Å²) >= 11 is 0. The molecule has 0 aliphatic carbocycles. The van der Waals surface area contributed by atoms with Crippen LogP contribution in [0.5, 0.6) is 0 Å². The highest BCUT2D eigenvalue weighted by Crippen LogP contribution is 2.47. The summed E-state index contributed by atoms with van der Waals surface area (Å²) in [6.45, 7) is -0.203. The molecule has 0 amide bonds. The van der Waals surface area contributed by atoms with E-state index in [-0.39, 0.29) is 6.71 Å². The predicted octanol–water partition coefficient (Wildman–Crippen LogP) is 15.0. The fourth-order valence-electron chi connectivity index (χ4n) is 16.3. The summed E-state index contributed by atoms with van der Waals surface area (Å²) in [5.41, 5.74) is 18.6. The molecule has 6 heteroatoms. The first kappa shape index (κ1) is 56.9. The Balaban J connectivity index is 0.997. The minimum absolute atomic E-state index is 0.203. The zero-order chi connectivity index (χ0) is 63.6. The second kappa shape index (κ2) is 23.6. The van der Waals surface area contributed by atoms with E-state index >= 15 is 0 Å². The number of nitrogens with zero attached hydrogens (tertiary/aromatic N) is 3. The lowest BCUT2D eigenvalue weighted by Crippen LogP contribution is -2.75. The molecule has 0 spiro atoms. The van der Waals surface area contributed by atoms with Crippen molar-refractivity contribution in [1.29, 1.82) is 0 Å². The van der Waals surface area contributed by atoms with Crippen LogP contribution in [0.4, 0.5) is 34.1 Å². The molecule has 0 saturated carbocycles. The fraction of sp³-hybridized carbons (Fsp3) is 0. The van der Waals surface area contributed by atoms with E-state index in [4.69, 9.17) is 0 Å². The SMILES string of the molecule is c1ccc(-c2ccc(N3c4cc([Si](c5ccccc5)(c5ccccc5)c5ccccc5)ccc4B4c5ccc([Si](c6ccccc6)(c6ccccc6)c6ccccc6)cc5N(c5cccc(-c6ccccc6)c5)c5cc(-n6c7ccccc7c7ccccc76)cc3c54)cc2)cc1. The Bertz CT molecular complexity index is 5280. The minimum Gasteiger partial charge on any atom is -0.311 e. The van der Waals surface area contributed by atoms with E-state index in [9.17, 15) is 0 Å². The van der Waals surface area contributed by atoms with Gasteiger partial charge >= 0.3 is 0 Å². The first-order valence-corrected chi connectivity index (χ1v) is 37.3. The molecule has 3 heterocycles. The molecule has 3 nitrogen and oxygen atoms in total. The number of rotatable bonds is 13. The summed E-state index contributed by atoms with van der Waals surface area (Å²) in [5, 5.41) is 13.1. The Kier molecular flexibility index (Phi) is 14.0. The average Bonchev–Trinajstić information content (AvgIpc) is 0.770. The summed E-state index contributed by atoms with van der Waals surface area (Å²) in [5.74, 6) is 0. The van der Waals surface area contributed by atoms with Gasteiger partial charge in [-0.3, -0.25) is 0 Å². The summed E-state index contributed by atoms with van der Waals surface area (Å²) in [6.07, 6.45) is 0. The van der Waals surface area contributed by atoms with Gasteiger partial charge in [0.15, 0.2) is 16.1 Å². The molecule has 0 N–H and O–H groups in total. The molecule has 16 aromatic rings. The molecule has 18 rings (SSSR count). The van der Waals surface area contributed by atoms with E-state index in [0.29, 0.717) is 0 Å². The van der Waals surface area contributed by atoms with Gasteiger partial charge in [-0.15, -0.1) is 0 Å². The van der Waals surface area contributed by atoms with Crippen LogP contribution in [0.15, 0.2) is 388 Å². The van der Waals surface area contributed by atoms with E-state index in [1.165, 1.54) is 91.0 Å². The van der Waals surface area contributed by atoms with Crippen LogP contribution in [0.25, 0.3) is 49.7 Å². The lowest BCUT2D eigenvalue weighted by Gasteiger charge is -2.46. The smallest absolute Gasteiger partial charge is 0.252 e. The van der Waals surface area contributed by atoms with Gasteiger partial charge in [-0.1, -0.05) is 328 Å². The molecule has 1 aromatic heterocycles. The monoisotopic (exact) mass is 1250 g/mol. The highest BCUT2D eigenvalue weighted by atomic mass is 28.3. The predicted molar refractivity (Wildman–Crippen MR) is 413 cm³/mol. The van der Waals surface area contributed by atoms with Crippen LogP contribution in [0.2, 0.25) is 0 Å². The summed E-state index contributed by atoms with van der Waals surface area (Å²) in [4.78, 5) is 5.28. The van der Waals surface area contributed by atoms with E-state index in [1.54, 1.807) is 0 Å². The van der Waals surface area contributed by atoms with Crippen LogP contribution < -0.4 is 67.7 Å². The second-order valence-corrected chi connectivity index (χ2v) is 33.1. The molecule has 0 atom stereocenters. The molecule has 0 fully saturated rings. The van der Waals surface area contributed by atoms with Crippen LogP contribution >= 0.6 is 0 Å². The average molecular weight is 1250 g/mol. The van der Waals surface area contributed by atoms with Gasteiger partial charge in [0, 0.05) is 44.9 Å². The van der Waals surface area contributed by atoms with Crippen LogP contribution in [0.1, 0.15) is 0 Å². The maximum Gasteiger partial charge on any atom is 0.252 e. The quantitative estimate of drug-likeness (QED) is 0.0842. The van der Waals surface area contributed by atoms with E-state index < -0.39 is 16.1 Å². The molecule has 0 unspecified atom stereocenters. The van der Waals surface area contributed by atoms with Crippen LogP contribution in [-0.2, 0) is 0 Å². The second-order valence-electron chi connectivity index (χ2n) is 25.4. The van der Waals surface area contributed by atoms with Crippen molar-refractivity contribution in [2.45, 2.75) is 0 Å². The number of benzene rings is 15. The molecule has 2 aliphatic rings. The summed E-state index contributed by atoms with van der Waals surface area (Å²) in [7, 11) is -6.20. The van der Waals surface area contributed by atoms with Gasteiger partial charge in [-0.25, -0.2) is 0 Å². The Hall–Kier alpha value is -11.8. The topological polar surface area (TPSA) is 11.4 Å². The van der Waals surface area contributed by atoms with Gasteiger partial charge in [0.05, 0.1) is 16.7 Å². The van der Waals surface area contributed by atoms with Gasteiger partial charge < -0.3 is 14.4 Å². The maximum absolute atomic E-state index is 3.11. The molecule has 0 saturated heterocycles. The Morgan fingerprint density at radius 3 is 0.948 bits per heavy atom. The molecule has 0 radical (unpaired) electrons. The standard InChI is InChI=1S/C90H64BN3Si2/c1-9-30-65(31-10-1)67-52-54-69(55-53-67)92-86-63-78(95(72-36-13-3-14-37-72,73-38-15-4-16-39-73)74-40-17-5-18-41-74)56-58-82(86)91-83-59-57-79(96(75-42-19-6-20-43-75,76-44-21-7-22-45-76)77-46-23-8-24-47-77)64-87(83)93(70-35-29-34-68(60-70)66-32-11-2-12-33-66)89-62-71(61-88(92)90(89)91)94-84-50-27-25-48-80(84)81-49-26-28-51-85(81)94/h1-64H. The zero-order valence-electron chi connectivity index (χ0n) is 52.9. The number of para-hydroxylation sites is 2. The lowest BCUT2D eigenvalue weighted by atomic mass is 9.33. The van der Waals surface area contributed by atoms with E-state index in [0.717, 1.165) is 50.7 Å². The number of hydrogen-bond donors (Lipinski definition) is 0. The van der Waals surface area contributed by atoms with Crippen molar-refractivity contribution in [2.24, 2.45) is 0 Å². The molecule has 0 bridgehead atoms. The number of fused-ring (bicyclic) bond motifs is 7. The molecule has 15 aromatic carbocycles. The summed E-state index contributed by atoms with van der Waals surface area (Å²) in [6, 6.07) is 147. The third-order valence-corrected chi connectivity index (χ3v) is 30.0. The fourth-order valence-corrected chi connectivity index (χ4v) is 25.9.